The summed E-state index contributed by atoms with van der Waals surface area (Å²) in [7, 11) is 1.74. The lowest BCUT2D eigenvalue weighted by molar-refractivity contribution is -0.112. The number of nitrogens with zero attached hydrogens (tertiary/aromatic N) is 3. The van der Waals surface area contributed by atoms with Crippen LogP contribution in [0.2, 0.25) is 0 Å². The molecule has 140 valence electrons. The Morgan fingerprint density at radius 3 is 2.32 bits per heavy atom. The molecule has 3 rings (SSSR count). The van der Waals surface area contributed by atoms with E-state index in [0.717, 1.165) is 11.1 Å². The van der Waals surface area contributed by atoms with Crippen molar-refractivity contribution in [3.8, 4) is 11.8 Å². The molecule has 0 fully saturated rings. The molecule has 0 aliphatic carbocycles. The van der Waals surface area contributed by atoms with Crippen molar-refractivity contribution in [3.05, 3.63) is 87.3 Å². The summed E-state index contributed by atoms with van der Waals surface area (Å²) in [6, 6.07) is 18.5. The van der Waals surface area contributed by atoms with Gasteiger partial charge in [-0.15, -0.1) is 0 Å². The fourth-order valence-corrected chi connectivity index (χ4v) is 2.87. The molecule has 0 aliphatic rings. The minimum atomic E-state index is -0.617. The topological polar surface area (TPSA) is 79.8 Å². The summed E-state index contributed by atoms with van der Waals surface area (Å²) in [5, 5.41) is 12.0. The van der Waals surface area contributed by atoms with Crippen LogP contribution in [0.4, 0.5) is 5.69 Å². The molecule has 0 unspecified atom stereocenters. The fraction of sp³-hybridized carbons (Fsp3) is 0.136. The first kappa shape index (κ1) is 18.9. The zero-order valence-electron chi connectivity index (χ0n) is 15.9. The first-order valence-corrected chi connectivity index (χ1v) is 8.76. The maximum absolute atomic E-state index is 12.9. The summed E-state index contributed by atoms with van der Waals surface area (Å²) in [5.41, 5.74) is 2.83. The summed E-state index contributed by atoms with van der Waals surface area (Å²) >= 11 is 0. The molecule has 0 radical (unpaired) electrons. The van der Waals surface area contributed by atoms with Gasteiger partial charge in [0.2, 0.25) is 0 Å². The normalized spacial score (nSPS) is 11.1. The van der Waals surface area contributed by atoms with Crippen LogP contribution in [0, 0.1) is 25.2 Å². The van der Waals surface area contributed by atoms with Gasteiger partial charge in [-0.25, -0.2) is 4.68 Å². The first-order valence-electron chi connectivity index (χ1n) is 8.76. The van der Waals surface area contributed by atoms with E-state index in [-0.39, 0.29) is 16.8 Å². The molecule has 6 heteroatoms. The van der Waals surface area contributed by atoms with Crippen LogP contribution in [0.1, 0.15) is 16.8 Å². The van der Waals surface area contributed by atoms with Gasteiger partial charge in [-0.1, -0.05) is 48.0 Å². The quantitative estimate of drug-likeness (QED) is 0.563. The van der Waals surface area contributed by atoms with Gasteiger partial charge in [-0.05, 0) is 37.6 Å². The predicted molar refractivity (Wildman–Crippen MR) is 109 cm³/mol. The average molecular weight is 372 g/mol. The summed E-state index contributed by atoms with van der Waals surface area (Å²) < 4.78 is 3.14. The van der Waals surface area contributed by atoms with Gasteiger partial charge in [0.25, 0.3) is 11.5 Å². The van der Waals surface area contributed by atoms with Crippen LogP contribution in [0.25, 0.3) is 11.8 Å². The third kappa shape index (κ3) is 3.64. The van der Waals surface area contributed by atoms with E-state index in [9.17, 15) is 14.9 Å². The molecule has 0 bridgehead atoms. The van der Waals surface area contributed by atoms with Crippen molar-refractivity contribution in [2.24, 2.45) is 7.05 Å². The van der Waals surface area contributed by atoms with E-state index in [1.165, 1.54) is 10.8 Å². The molecule has 0 saturated heterocycles. The number of amides is 1. The molecule has 3 aromatic rings. The number of aromatic nitrogens is 2. The van der Waals surface area contributed by atoms with Gasteiger partial charge in [-0.3, -0.25) is 14.3 Å². The van der Waals surface area contributed by atoms with Gasteiger partial charge in [0, 0.05) is 7.05 Å². The molecule has 0 aliphatic heterocycles. The highest BCUT2D eigenvalue weighted by molar-refractivity contribution is 6.09. The highest BCUT2D eigenvalue weighted by Gasteiger charge is 2.19. The van der Waals surface area contributed by atoms with Gasteiger partial charge in [0.15, 0.2) is 0 Å². The van der Waals surface area contributed by atoms with Crippen LogP contribution in [-0.4, -0.2) is 15.3 Å². The monoisotopic (exact) mass is 372 g/mol. The largest absolute Gasteiger partial charge is 0.315 e. The third-order valence-corrected chi connectivity index (χ3v) is 4.55. The second-order valence-corrected chi connectivity index (χ2v) is 6.47. The Bertz CT molecular complexity index is 1140. The van der Waals surface area contributed by atoms with Crippen molar-refractivity contribution >= 4 is 17.7 Å². The SMILES string of the molecule is Cc1ccc(C=C(C#N)C(=O)Nc2c(C)n(C)n(-c3ccccc3)c2=O)cc1. The molecule has 0 saturated carbocycles. The molecule has 1 heterocycles. The molecule has 0 atom stereocenters. The number of nitrogens with one attached hydrogen (secondary N) is 1. The zero-order chi connectivity index (χ0) is 20.3. The summed E-state index contributed by atoms with van der Waals surface area (Å²) in [6.45, 7) is 3.70. The van der Waals surface area contributed by atoms with E-state index >= 15 is 0 Å². The molecule has 2 aromatic carbocycles. The van der Waals surface area contributed by atoms with Gasteiger partial charge >= 0.3 is 0 Å². The van der Waals surface area contributed by atoms with Gasteiger partial charge in [-0.2, -0.15) is 5.26 Å². The summed E-state index contributed by atoms with van der Waals surface area (Å²) in [6.07, 6.45) is 1.50. The number of anilines is 1. The number of nitriles is 1. The van der Waals surface area contributed by atoms with E-state index in [4.69, 9.17) is 0 Å². The Balaban J connectivity index is 1.95. The lowest BCUT2D eigenvalue weighted by atomic mass is 10.1. The van der Waals surface area contributed by atoms with Crippen molar-refractivity contribution < 1.29 is 4.79 Å². The molecular formula is C22H20N4O2. The van der Waals surface area contributed by atoms with Crippen LogP contribution in [0.3, 0.4) is 0 Å². The molecule has 1 amide bonds. The van der Waals surface area contributed by atoms with Crippen molar-refractivity contribution in [1.29, 1.82) is 5.26 Å². The molecule has 28 heavy (non-hydrogen) atoms. The Kier molecular flexibility index (Phi) is 5.28. The van der Waals surface area contributed by atoms with E-state index in [1.807, 2.05) is 67.6 Å². The zero-order valence-corrected chi connectivity index (χ0v) is 15.9. The van der Waals surface area contributed by atoms with Crippen LogP contribution < -0.4 is 10.9 Å². The van der Waals surface area contributed by atoms with Gasteiger partial charge < -0.3 is 5.32 Å². The van der Waals surface area contributed by atoms with E-state index in [1.54, 1.807) is 18.7 Å². The Hall–Kier alpha value is -3.85. The maximum Gasteiger partial charge on any atom is 0.295 e. The van der Waals surface area contributed by atoms with Crippen LogP contribution in [-0.2, 0) is 11.8 Å². The number of para-hydroxylation sites is 1. The smallest absolute Gasteiger partial charge is 0.295 e. The standard InChI is InChI=1S/C22H20N4O2/c1-15-9-11-17(12-10-15)13-18(14-23)21(27)24-20-16(2)25(3)26(22(20)28)19-7-5-4-6-8-19/h4-13H,1-3H3,(H,24,27). The van der Waals surface area contributed by atoms with Gasteiger partial charge in [0.1, 0.15) is 17.3 Å². The van der Waals surface area contributed by atoms with Crippen LogP contribution in [0.5, 0.6) is 0 Å². The number of carbonyl (C=O) groups excluding carboxylic acids is 1. The number of carbonyl (C=O) groups is 1. The minimum Gasteiger partial charge on any atom is -0.315 e. The van der Waals surface area contributed by atoms with Gasteiger partial charge in [0.05, 0.1) is 11.4 Å². The Morgan fingerprint density at radius 1 is 1.07 bits per heavy atom. The number of hydrogen-bond donors (Lipinski definition) is 1. The Labute approximate surface area is 162 Å². The van der Waals surface area contributed by atoms with Crippen molar-refractivity contribution in [1.82, 2.24) is 9.36 Å². The first-order chi connectivity index (χ1) is 13.4. The Morgan fingerprint density at radius 2 is 1.71 bits per heavy atom. The highest BCUT2D eigenvalue weighted by atomic mass is 16.2. The lowest BCUT2D eigenvalue weighted by Gasteiger charge is -2.07. The number of hydrogen-bond acceptors (Lipinski definition) is 3. The summed E-state index contributed by atoms with van der Waals surface area (Å²) in [5.74, 6) is -0.617. The maximum atomic E-state index is 12.9. The second-order valence-electron chi connectivity index (χ2n) is 6.47. The van der Waals surface area contributed by atoms with E-state index < -0.39 is 5.91 Å². The van der Waals surface area contributed by atoms with Crippen molar-refractivity contribution in [2.45, 2.75) is 13.8 Å². The molecule has 1 N–H and O–H groups in total. The molecule has 1 aromatic heterocycles. The van der Waals surface area contributed by atoms with E-state index in [0.29, 0.717) is 11.4 Å². The number of benzene rings is 2. The van der Waals surface area contributed by atoms with Crippen LogP contribution in [0.15, 0.2) is 65.0 Å². The molecule has 6 nitrogen and oxygen atoms in total. The summed E-state index contributed by atoms with van der Waals surface area (Å²) in [4.78, 5) is 25.5. The van der Waals surface area contributed by atoms with Crippen molar-refractivity contribution in [2.75, 3.05) is 5.32 Å². The number of aryl methyl sites for hydroxylation is 1. The van der Waals surface area contributed by atoms with Crippen molar-refractivity contribution in [3.63, 3.8) is 0 Å². The van der Waals surface area contributed by atoms with E-state index in [2.05, 4.69) is 5.32 Å². The predicted octanol–water partition coefficient (Wildman–Crippen LogP) is 3.34. The fourth-order valence-electron chi connectivity index (χ4n) is 2.87. The minimum absolute atomic E-state index is 0.0715. The number of rotatable bonds is 4. The lowest BCUT2D eigenvalue weighted by Crippen LogP contribution is -2.23. The molecule has 0 spiro atoms. The van der Waals surface area contributed by atoms with Crippen LogP contribution >= 0.6 is 0 Å². The average Bonchev–Trinajstić information content (AvgIpc) is 2.91. The second kappa shape index (κ2) is 7.80. The highest BCUT2D eigenvalue weighted by Crippen LogP contribution is 2.16. The molecular weight excluding hydrogens is 352 g/mol. The third-order valence-electron chi connectivity index (χ3n) is 4.55.